The molecule has 35 heavy (non-hydrogen) atoms. The van der Waals surface area contributed by atoms with Crippen molar-refractivity contribution < 1.29 is 13.3 Å². The van der Waals surface area contributed by atoms with Crippen LogP contribution in [0.15, 0.2) is 79.2 Å². The lowest BCUT2D eigenvalue weighted by atomic mass is 9.98. The van der Waals surface area contributed by atoms with Crippen LogP contribution in [0.4, 0.5) is 10.1 Å². The summed E-state index contributed by atoms with van der Waals surface area (Å²) in [6.45, 7) is 5.59. The van der Waals surface area contributed by atoms with Gasteiger partial charge in [0, 0.05) is 27.9 Å². The molecule has 0 aliphatic rings. The van der Waals surface area contributed by atoms with Crippen molar-refractivity contribution in [2.45, 2.75) is 26.8 Å². The summed E-state index contributed by atoms with van der Waals surface area (Å²) in [5.41, 5.74) is 4.26. The number of nitrogens with one attached hydrogen (secondary N) is 2. The molecule has 0 aliphatic carbocycles. The van der Waals surface area contributed by atoms with Crippen LogP contribution in [-0.2, 0) is 0 Å². The Kier molecular flexibility index (Phi) is 5.56. The van der Waals surface area contributed by atoms with Gasteiger partial charge in [-0.25, -0.2) is 9.18 Å². The van der Waals surface area contributed by atoms with E-state index in [1.54, 1.807) is 13.0 Å². The number of fused-ring (bicyclic) bond motifs is 1. The first-order valence-electron chi connectivity index (χ1n) is 11.1. The Morgan fingerprint density at radius 1 is 1.03 bits per heavy atom. The minimum Gasteiger partial charge on any atom is -0.455 e. The Bertz CT molecular complexity index is 1670. The minimum absolute atomic E-state index is 0.0927. The highest BCUT2D eigenvalue weighted by molar-refractivity contribution is 5.85. The van der Waals surface area contributed by atoms with Gasteiger partial charge in [-0.05, 0) is 50.6 Å². The molecule has 2 N–H and O–H groups in total. The van der Waals surface area contributed by atoms with Gasteiger partial charge in [0.1, 0.15) is 17.2 Å². The number of H-pyrrole nitrogens is 1. The van der Waals surface area contributed by atoms with E-state index >= 15 is 0 Å². The molecule has 0 aliphatic heterocycles. The van der Waals surface area contributed by atoms with Crippen LogP contribution in [0.3, 0.4) is 0 Å². The third kappa shape index (κ3) is 4.14. The van der Waals surface area contributed by atoms with Crippen LogP contribution in [0.25, 0.3) is 33.7 Å². The lowest BCUT2D eigenvalue weighted by Crippen LogP contribution is -2.13. The van der Waals surface area contributed by atoms with Crippen molar-refractivity contribution in [1.29, 1.82) is 0 Å². The van der Waals surface area contributed by atoms with Gasteiger partial charge >= 0.3 is 5.76 Å². The summed E-state index contributed by atoms with van der Waals surface area (Å²) in [4.78, 5) is 27.2. The number of aromatic nitrogens is 2. The van der Waals surface area contributed by atoms with E-state index in [-0.39, 0.29) is 17.3 Å². The molecule has 0 spiro atoms. The van der Waals surface area contributed by atoms with E-state index in [0.29, 0.717) is 33.5 Å². The fourth-order valence-electron chi connectivity index (χ4n) is 4.25. The van der Waals surface area contributed by atoms with Crippen molar-refractivity contribution in [3.63, 3.8) is 0 Å². The molecule has 8 heteroatoms. The summed E-state index contributed by atoms with van der Waals surface area (Å²) in [5, 5.41) is 7.52. The zero-order valence-corrected chi connectivity index (χ0v) is 19.3. The number of hydrogen-bond donors (Lipinski definition) is 2. The highest BCUT2D eigenvalue weighted by Crippen LogP contribution is 2.34. The maximum atomic E-state index is 14.0. The predicted octanol–water partition coefficient (Wildman–Crippen LogP) is 5.73. The molecular formula is C27H22FN3O4. The molecule has 0 fully saturated rings. The molecule has 2 aromatic heterocycles. The van der Waals surface area contributed by atoms with Crippen LogP contribution in [0.1, 0.15) is 29.7 Å². The van der Waals surface area contributed by atoms with E-state index in [9.17, 15) is 14.0 Å². The second-order valence-electron chi connectivity index (χ2n) is 8.48. The van der Waals surface area contributed by atoms with Gasteiger partial charge in [-0.15, -0.1) is 0 Å². The van der Waals surface area contributed by atoms with Gasteiger partial charge in [-0.2, -0.15) is 0 Å². The molecule has 0 saturated heterocycles. The fourth-order valence-corrected chi connectivity index (χ4v) is 4.25. The normalized spacial score (nSPS) is 12.1. The van der Waals surface area contributed by atoms with Gasteiger partial charge in [0.15, 0.2) is 11.3 Å². The molecule has 0 bridgehead atoms. The van der Waals surface area contributed by atoms with Crippen LogP contribution >= 0.6 is 0 Å². The van der Waals surface area contributed by atoms with Crippen LogP contribution < -0.4 is 16.5 Å². The van der Waals surface area contributed by atoms with E-state index in [0.717, 1.165) is 16.7 Å². The van der Waals surface area contributed by atoms with Crippen LogP contribution in [0.5, 0.6) is 0 Å². The molecule has 5 aromatic rings. The lowest BCUT2D eigenvalue weighted by Gasteiger charge is -2.20. The van der Waals surface area contributed by atoms with E-state index < -0.39 is 11.6 Å². The number of aromatic amines is 1. The Labute approximate surface area is 199 Å². The summed E-state index contributed by atoms with van der Waals surface area (Å²) in [6, 6.07) is 17.0. The van der Waals surface area contributed by atoms with Crippen LogP contribution in [0.2, 0.25) is 0 Å². The number of anilines is 1. The van der Waals surface area contributed by atoms with Crippen LogP contribution in [0, 0.1) is 19.7 Å². The Morgan fingerprint density at radius 3 is 2.51 bits per heavy atom. The largest absolute Gasteiger partial charge is 0.455 e. The van der Waals surface area contributed by atoms with E-state index in [2.05, 4.69) is 20.0 Å². The zero-order valence-electron chi connectivity index (χ0n) is 19.3. The van der Waals surface area contributed by atoms with Crippen LogP contribution in [-0.4, -0.2) is 10.1 Å². The first-order valence-corrected chi connectivity index (χ1v) is 11.1. The molecule has 7 nitrogen and oxygen atoms in total. The lowest BCUT2D eigenvalue weighted by molar-refractivity contribution is 0.388. The highest BCUT2D eigenvalue weighted by Gasteiger charge is 2.20. The second-order valence-corrected chi connectivity index (χ2v) is 8.48. The third-order valence-corrected chi connectivity index (χ3v) is 5.94. The minimum atomic E-state index is -0.737. The van der Waals surface area contributed by atoms with Crippen molar-refractivity contribution >= 4 is 16.7 Å². The standard InChI is InChI=1S/C27H22FN3O4/c1-14-11-19(16(3)29-22-10-9-18(28)13-20(22)26-30-27(33)35-31-26)25-21(12-14)23(32)15(2)24(34-25)17-7-5-4-6-8-17/h4-13,16,29H,1-3H3,(H,30,31,33). The van der Waals surface area contributed by atoms with E-state index in [1.807, 2.05) is 56.3 Å². The smallest absolute Gasteiger partial charge is 0.439 e. The Hall–Kier alpha value is -4.46. The summed E-state index contributed by atoms with van der Waals surface area (Å²) in [7, 11) is 0. The van der Waals surface area contributed by atoms with Gasteiger partial charge in [0.25, 0.3) is 0 Å². The monoisotopic (exact) mass is 471 g/mol. The number of benzene rings is 3. The molecule has 0 radical (unpaired) electrons. The maximum Gasteiger partial charge on any atom is 0.439 e. The fraction of sp³-hybridized carbons (Fsp3) is 0.148. The van der Waals surface area contributed by atoms with Crippen molar-refractivity contribution in [3.8, 4) is 22.7 Å². The van der Waals surface area contributed by atoms with Gasteiger partial charge in [0.05, 0.1) is 11.4 Å². The van der Waals surface area contributed by atoms with E-state index in [1.165, 1.54) is 12.1 Å². The second kappa shape index (κ2) is 8.72. The molecule has 1 unspecified atom stereocenters. The quantitative estimate of drug-likeness (QED) is 0.339. The number of hydrogen-bond acceptors (Lipinski definition) is 6. The highest BCUT2D eigenvalue weighted by atomic mass is 19.1. The van der Waals surface area contributed by atoms with E-state index in [4.69, 9.17) is 4.42 Å². The number of aryl methyl sites for hydroxylation is 1. The van der Waals surface area contributed by atoms with Crippen molar-refractivity contribution in [2.24, 2.45) is 0 Å². The molecule has 5 rings (SSSR count). The number of rotatable bonds is 5. The Balaban J connectivity index is 1.65. The number of halogens is 1. The SMILES string of the molecule is Cc1cc(C(C)Nc2ccc(F)cc2-c2noc(=O)[nH]2)c2oc(-c3ccccc3)c(C)c(=O)c2c1. The Morgan fingerprint density at radius 2 is 1.80 bits per heavy atom. The third-order valence-electron chi connectivity index (χ3n) is 5.94. The topological polar surface area (TPSA) is 101 Å². The van der Waals surface area contributed by atoms with Gasteiger partial charge in [0.2, 0.25) is 0 Å². The molecule has 0 saturated carbocycles. The molecule has 1 atom stereocenters. The first-order chi connectivity index (χ1) is 16.8. The van der Waals surface area contributed by atoms with Gasteiger partial charge < -0.3 is 9.73 Å². The summed E-state index contributed by atoms with van der Waals surface area (Å²) in [5.74, 6) is -0.606. The summed E-state index contributed by atoms with van der Waals surface area (Å²) in [6.07, 6.45) is 0. The van der Waals surface area contributed by atoms with Crippen molar-refractivity contribution in [2.75, 3.05) is 5.32 Å². The molecule has 3 aromatic carbocycles. The molecule has 0 amide bonds. The average Bonchev–Trinajstić information content (AvgIpc) is 3.29. The number of nitrogens with zero attached hydrogens (tertiary/aromatic N) is 1. The molecular weight excluding hydrogens is 449 g/mol. The molecule has 2 heterocycles. The van der Waals surface area contributed by atoms with Gasteiger partial charge in [-0.1, -0.05) is 41.6 Å². The zero-order chi connectivity index (χ0) is 24.7. The predicted molar refractivity (Wildman–Crippen MR) is 132 cm³/mol. The van der Waals surface area contributed by atoms with Crippen molar-refractivity contribution in [3.05, 3.63) is 104 Å². The maximum absolute atomic E-state index is 14.0. The molecule has 176 valence electrons. The first kappa shape index (κ1) is 22.3. The van der Waals surface area contributed by atoms with Crippen molar-refractivity contribution in [1.82, 2.24) is 10.1 Å². The summed E-state index contributed by atoms with van der Waals surface area (Å²) < 4.78 is 25.0. The summed E-state index contributed by atoms with van der Waals surface area (Å²) >= 11 is 0. The van der Waals surface area contributed by atoms with Gasteiger partial charge in [-0.3, -0.25) is 14.3 Å². The average molecular weight is 471 g/mol.